The molecule has 0 bridgehead atoms. The molecule has 0 saturated heterocycles. The summed E-state index contributed by atoms with van der Waals surface area (Å²) in [5.74, 6) is 0. The van der Waals surface area contributed by atoms with Crippen molar-refractivity contribution in [1.82, 2.24) is 0 Å². The Morgan fingerprint density at radius 3 is 1.33 bits per heavy atom. The van der Waals surface area contributed by atoms with Crippen LogP contribution in [-0.4, -0.2) is 22.5 Å². The second-order valence-electron chi connectivity index (χ2n) is 0.0913. The van der Waals surface area contributed by atoms with Crippen molar-refractivity contribution in [3.05, 3.63) is 0 Å². The van der Waals surface area contributed by atoms with Gasteiger partial charge in [-0.1, -0.05) is 6.47 Å². The Hall–Kier alpha value is 0.104. The first-order valence-corrected chi connectivity index (χ1v) is 0.428. The minimum absolute atomic E-state index is 0. The summed E-state index contributed by atoms with van der Waals surface area (Å²) >= 11 is 0. The molecule has 0 rings (SSSR count). The molecule has 0 heterocycles. The summed E-state index contributed by atoms with van der Waals surface area (Å²) in [6, 6.07) is 0. The van der Waals surface area contributed by atoms with Gasteiger partial charge in [0, 0.05) is 21.7 Å². The maximum absolute atomic E-state index is 8.24. The molecule has 0 amide bonds. The Morgan fingerprint density at radius 2 is 1.33 bits per heavy atom. The minimum atomic E-state index is 0. The predicted molar refractivity (Wildman–Crippen MR) is 15.5 cm³/mol. The molecule has 0 fully saturated rings. The summed E-state index contributed by atoms with van der Waals surface area (Å²) < 4.78 is 0. The van der Waals surface area contributed by atoms with E-state index in [2.05, 4.69) is 0 Å². The van der Waals surface area contributed by atoms with Gasteiger partial charge in [-0.05, 0) is 0 Å². The van der Waals surface area contributed by atoms with Crippen LogP contribution in [0.1, 0.15) is 0 Å². The van der Waals surface area contributed by atoms with Crippen molar-refractivity contribution in [3.8, 4) is 0 Å². The van der Waals surface area contributed by atoms with E-state index in [0.717, 1.165) is 0 Å². The molecule has 0 unspecified atom stereocenters. The van der Waals surface area contributed by atoms with Crippen LogP contribution in [0.5, 0.6) is 0 Å². The van der Waals surface area contributed by atoms with Crippen molar-refractivity contribution in [2.45, 2.75) is 0 Å². The van der Waals surface area contributed by atoms with E-state index in [1.54, 1.807) is 0 Å². The Morgan fingerprint density at radius 1 is 1.33 bits per heavy atom. The Balaban J connectivity index is -0.00000000667. The zero-order valence-corrected chi connectivity index (χ0v) is 4.42. The number of rotatable bonds is 0. The fourth-order valence-electron chi connectivity index (χ4n) is 0. The molecule has 0 radical (unpaired) electrons. The maximum Gasteiger partial charge on any atom is 0 e. The van der Waals surface area contributed by atoms with Gasteiger partial charge in [-0.2, -0.15) is 0 Å². The van der Waals surface area contributed by atoms with E-state index in [0.29, 0.717) is 6.47 Å². The first kappa shape index (κ1) is 35.9. The van der Waals surface area contributed by atoms with Crippen LogP contribution in [0.3, 0.4) is 0 Å². The third-order valence-electron chi connectivity index (χ3n) is 0. The van der Waals surface area contributed by atoms with E-state index in [-0.39, 0.29) is 32.7 Å². The van der Waals surface area contributed by atoms with E-state index in [4.69, 9.17) is 9.90 Å². The summed E-state index contributed by atoms with van der Waals surface area (Å²) in [6.07, 6.45) is 0. The third-order valence-corrected chi connectivity index (χ3v) is 0. The zero-order chi connectivity index (χ0) is 2.71. The first-order chi connectivity index (χ1) is 1.41. The van der Waals surface area contributed by atoms with Gasteiger partial charge in [0.05, 0.1) is 0 Å². The van der Waals surface area contributed by atoms with Gasteiger partial charge in [0.25, 0.3) is 0 Å². The van der Waals surface area contributed by atoms with E-state index in [1.807, 2.05) is 0 Å². The summed E-state index contributed by atoms with van der Waals surface area (Å²) in [5, 5.41) is 6.76. The van der Waals surface area contributed by atoms with Crippen LogP contribution in [0.25, 0.3) is 0 Å². The van der Waals surface area contributed by atoms with Crippen LogP contribution in [0.15, 0.2) is 0 Å². The number of hydrogen-bond donors (Lipinski definition) is 1. The molecule has 0 aliphatic heterocycles. The Kier molecular flexibility index (Phi) is 422. The monoisotopic (exact) mass is 129 g/mol. The van der Waals surface area contributed by atoms with Gasteiger partial charge < -0.3 is 20.9 Å². The predicted octanol–water partition coefficient (Wildman–Crippen LogP) is -2.04. The van der Waals surface area contributed by atoms with Crippen molar-refractivity contribution in [1.29, 1.82) is 0 Å². The fourth-order valence-corrected chi connectivity index (χ4v) is 0. The van der Waals surface area contributed by atoms with Crippen molar-refractivity contribution in [2.75, 3.05) is 0 Å². The molecule has 0 aromatic heterocycles. The fraction of sp³-hybridized carbons (Fsp3) is 0. The van der Waals surface area contributed by atoms with Gasteiger partial charge in [0.2, 0.25) is 0 Å². The van der Waals surface area contributed by atoms with Crippen molar-refractivity contribution >= 4 is 6.47 Å². The molecule has 0 aromatic carbocycles. The largest absolute Gasteiger partial charge is 0.665 e. The van der Waals surface area contributed by atoms with E-state index in [9.17, 15) is 0 Å². The molecule has 0 aromatic rings. The van der Waals surface area contributed by atoms with E-state index >= 15 is 0 Å². The summed E-state index contributed by atoms with van der Waals surface area (Å²) in [7, 11) is 0. The topological polar surface area (TPSA) is 100 Å². The maximum atomic E-state index is 8.24. The van der Waals surface area contributed by atoms with Gasteiger partial charge in [-0.25, -0.2) is 0 Å². The quantitative estimate of drug-likeness (QED) is 0.301. The molecule has 4 nitrogen and oxygen atoms in total. The molecule has 5 N–H and O–H groups in total. The summed E-state index contributed by atoms with van der Waals surface area (Å²) in [6.45, 7) is 0.500. The summed E-state index contributed by atoms with van der Waals surface area (Å²) in [5.41, 5.74) is 0. The van der Waals surface area contributed by atoms with E-state index in [1.165, 1.54) is 0 Å². The standard InChI is InChI=1S/CHO2.2H2O.Ti/c2-1-3;;;/h(H,2,3);2*1H2;/q-1;;;. The molecular formula is CH5O4Ti-. The third kappa shape index (κ3) is 3640. The first-order valence-electron chi connectivity index (χ1n) is 0.428. The molecular weight excluding hydrogens is 124 g/mol. The second kappa shape index (κ2) is 70.5. The van der Waals surface area contributed by atoms with Crippen LogP contribution >= 0.6 is 0 Å². The van der Waals surface area contributed by atoms with Gasteiger partial charge in [-0.15, -0.1) is 0 Å². The van der Waals surface area contributed by atoms with Crippen LogP contribution < -0.4 is 0 Å². The van der Waals surface area contributed by atoms with Gasteiger partial charge >= 0.3 is 0 Å². The van der Waals surface area contributed by atoms with Crippen molar-refractivity contribution < 1.29 is 42.6 Å². The average molecular weight is 129 g/mol. The van der Waals surface area contributed by atoms with Gasteiger partial charge in [0.15, 0.2) is 0 Å². The van der Waals surface area contributed by atoms with E-state index < -0.39 is 0 Å². The van der Waals surface area contributed by atoms with Crippen LogP contribution in [0, 0.1) is 0 Å². The SMILES string of the molecule is O.O.O=[C-]O.[Ti]. The molecule has 0 atom stereocenters. The normalized spacial score (nSPS) is 2.00. The second-order valence-corrected chi connectivity index (χ2v) is 0.0913. The number of hydrogen-bond acceptors (Lipinski definition) is 1. The molecule has 0 spiro atoms. The van der Waals surface area contributed by atoms with Crippen LogP contribution in [0.2, 0.25) is 0 Å². The molecule has 0 saturated carbocycles. The van der Waals surface area contributed by atoms with Crippen LogP contribution in [0.4, 0.5) is 0 Å². The molecule has 5 heteroatoms. The number of aliphatic hydroxyl groups excluding tert-OH is 1. The summed E-state index contributed by atoms with van der Waals surface area (Å²) in [4.78, 5) is 8.24. The average Bonchev–Trinajstić information content (AvgIpc) is 0.918. The zero-order valence-electron chi connectivity index (χ0n) is 2.86. The smallest absolute Gasteiger partial charge is 0 e. The van der Waals surface area contributed by atoms with Gasteiger partial charge in [0.1, 0.15) is 0 Å². The Labute approximate surface area is 49.7 Å². The van der Waals surface area contributed by atoms with Crippen molar-refractivity contribution in [3.63, 3.8) is 0 Å². The Bertz CT molecular complexity index is 15.0. The molecule has 0 aliphatic rings. The van der Waals surface area contributed by atoms with Crippen molar-refractivity contribution in [2.24, 2.45) is 0 Å². The molecule has 0 aliphatic carbocycles. The van der Waals surface area contributed by atoms with Gasteiger partial charge in [-0.3, -0.25) is 0 Å². The molecule has 38 valence electrons. The molecule has 6 heavy (non-hydrogen) atoms. The minimum Gasteiger partial charge on any atom is -0.665 e. The van der Waals surface area contributed by atoms with Crippen LogP contribution in [-0.2, 0) is 26.5 Å².